The standard InChI is InChI=1S/C22H26BrN3O/c1-5-26-20-10-9-16(11-19(20)15(2)13-22(26,3)4)14-24-25-21(27)17-7-6-8-18(23)12-17/h6-12,14-15H,5,13H2,1-4H3,(H,25,27)/b24-14+. The van der Waals surface area contributed by atoms with Gasteiger partial charge in [-0.1, -0.05) is 35.0 Å². The quantitative estimate of drug-likeness (QED) is 0.529. The van der Waals surface area contributed by atoms with Crippen molar-refractivity contribution in [2.75, 3.05) is 11.4 Å². The lowest BCUT2D eigenvalue weighted by Crippen LogP contribution is -2.48. The first kappa shape index (κ1) is 19.6. The van der Waals surface area contributed by atoms with Crippen LogP contribution in [0.5, 0.6) is 0 Å². The topological polar surface area (TPSA) is 44.7 Å². The molecule has 1 aliphatic rings. The monoisotopic (exact) mass is 427 g/mol. The van der Waals surface area contributed by atoms with Gasteiger partial charge in [0.2, 0.25) is 0 Å². The summed E-state index contributed by atoms with van der Waals surface area (Å²) in [6.45, 7) is 10.1. The third-order valence-electron chi connectivity index (χ3n) is 5.19. The van der Waals surface area contributed by atoms with Crippen molar-refractivity contribution in [3.05, 3.63) is 63.6 Å². The van der Waals surface area contributed by atoms with E-state index in [0.717, 1.165) is 23.0 Å². The zero-order valence-electron chi connectivity index (χ0n) is 16.3. The number of carbonyl (C=O) groups excluding carboxylic acids is 1. The number of hydrogen-bond acceptors (Lipinski definition) is 3. The van der Waals surface area contributed by atoms with E-state index in [1.165, 1.54) is 11.3 Å². The second-order valence-electron chi connectivity index (χ2n) is 7.69. The van der Waals surface area contributed by atoms with Gasteiger partial charge in [-0.05, 0) is 74.6 Å². The molecule has 0 radical (unpaired) electrons. The van der Waals surface area contributed by atoms with Gasteiger partial charge >= 0.3 is 0 Å². The van der Waals surface area contributed by atoms with Crippen LogP contribution in [-0.4, -0.2) is 24.2 Å². The normalized spacial score (nSPS) is 18.4. The summed E-state index contributed by atoms with van der Waals surface area (Å²) in [6, 6.07) is 13.7. The van der Waals surface area contributed by atoms with E-state index in [1.54, 1.807) is 18.3 Å². The van der Waals surface area contributed by atoms with Crippen molar-refractivity contribution in [1.82, 2.24) is 5.43 Å². The van der Waals surface area contributed by atoms with Crippen molar-refractivity contribution in [2.45, 2.75) is 45.6 Å². The molecule has 27 heavy (non-hydrogen) atoms. The molecule has 0 fully saturated rings. The summed E-state index contributed by atoms with van der Waals surface area (Å²) in [5.41, 5.74) is 6.97. The lowest BCUT2D eigenvalue weighted by Gasteiger charge is -2.47. The maximum absolute atomic E-state index is 12.2. The maximum atomic E-state index is 12.2. The van der Waals surface area contributed by atoms with E-state index in [-0.39, 0.29) is 11.4 Å². The molecular weight excluding hydrogens is 402 g/mol. The van der Waals surface area contributed by atoms with Gasteiger partial charge < -0.3 is 4.90 Å². The van der Waals surface area contributed by atoms with Crippen LogP contribution in [0.25, 0.3) is 0 Å². The van der Waals surface area contributed by atoms with E-state index >= 15 is 0 Å². The molecule has 0 spiro atoms. The molecule has 5 heteroatoms. The van der Waals surface area contributed by atoms with Crippen molar-refractivity contribution in [3.63, 3.8) is 0 Å². The van der Waals surface area contributed by atoms with Gasteiger partial charge in [0.1, 0.15) is 0 Å². The van der Waals surface area contributed by atoms with Crippen molar-refractivity contribution in [2.24, 2.45) is 5.10 Å². The molecule has 0 aliphatic carbocycles. The molecule has 4 nitrogen and oxygen atoms in total. The van der Waals surface area contributed by atoms with Gasteiger partial charge in [-0.2, -0.15) is 5.10 Å². The van der Waals surface area contributed by atoms with E-state index in [9.17, 15) is 4.79 Å². The highest BCUT2D eigenvalue weighted by Gasteiger charge is 2.35. The number of benzene rings is 2. The largest absolute Gasteiger partial charge is 0.366 e. The van der Waals surface area contributed by atoms with E-state index in [0.29, 0.717) is 11.5 Å². The first-order chi connectivity index (χ1) is 12.8. The number of halogens is 1. The molecule has 1 N–H and O–H groups in total. The fraction of sp³-hybridized carbons (Fsp3) is 0.364. The Labute approximate surface area is 169 Å². The molecule has 2 aromatic rings. The molecule has 3 rings (SSSR count). The number of hydrogen-bond donors (Lipinski definition) is 1. The van der Waals surface area contributed by atoms with Crippen LogP contribution in [0.4, 0.5) is 5.69 Å². The van der Waals surface area contributed by atoms with Crippen LogP contribution in [0, 0.1) is 0 Å². The van der Waals surface area contributed by atoms with Gasteiger partial charge in [-0.25, -0.2) is 5.43 Å². The smallest absolute Gasteiger partial charge is 0.271 e. The minimum absolute atomic E-state index is 0.161. The Balaban J connectivity index is 1.76. The number of amides is 1. The number of hydrazone groups is 1. The Morgan fingerprint density at radius 3 is 2.81 bits per heavy atom. The molecule has 1 atom stereocenters. The predicted molar refractivity (Wildman–Crippen MR) is 116 cm³/mol. The van der Waals surface area contributed by atoms with Crippen molar-refractivity contribution in [1.29, 1.82) is 0 Å². The van der Waals surface area contributed by atoms with Gasteiger partial charge in [-0.3, -0.25) is 4.79 Å². The van der Waals surface area contributed by atoms with Crippen molar-refractivity contribution >= 4 is 33.7 Å². The van der Waals surface area contributed by atoms with Gasteiger partial charge in [0.25, 0.3) is 5.91 Å². The van der Waals surface area contributed by atoms with Gasteiger partial charge in [0.15, 0.2) is 0 Å². The summed E-state index contributed by atoms with van der Waals surface area (Å²) in [5.74, 6) is 0.264. The highest BCUT2D eigenvalue weighted by Crippen LogP contribution is 2.43. The minimum Gasteiger partial charge on any atom is -0.366 e. The zero-order valence-corrected chi connectivity index (χ0v) is 17.9. The fourth-order valence-corrected chi connectivity index (χ4v) is 4.45. The molecule has 1 aliphatic heterocycles. The summed E-state index contributed by atoms with van der Waals surface area (Å²) in [4.78, 5) is 14.6. The van der Waals surface area contributed by atoms with E-state index < -0.39 is 0 Å². The van der Waals surface area contributed by atoms with Gasteiger partial charge in [0.05, 0.1) is 6.21 Å². The molecule has 0 aromatic heterocycles. The summed E-state index contributed by atoms with van der Waals surface area (Å²) in [7, 11) is 0. The Morgan fingerprint density at radius 1 is 1.33 bits per heavy atom. The fourth-order valence-electron chi connectivity index (χ4n) is 4.05. The average molecular weight is 428 g/mol. The molecule has 1 unspecified atom stereocenters. The summed E-state index contributed by atoms with van der Waals surface area (Å²) >= 11 is 3.37. The van der Waals surface area contributed by atoms with Crippen LogP contribution in [0.3, 0.4) is 0 Å². The molecule has 1 heterocycles. The maximum Gasteiger partial charge on any atom is 0.271 e. The number of carbonyl (C=O) groups is 1. The SMILES string of the molecule is CCN1c2ccc(/C=N/NC(=O)c3cccc(Br)c3)cc2C(C)CC1(C)C. The average Bonchev–Trinajstić information content (AvgIpc) is 2.61. The molecule has 0 saturated carbocycles. The highest BCUT2D eigenvalue weighted by molar-refractivity contribution is 9.10. The van der Waals surface area contributed by atoms with Crippen LogP contribution in [0.2, 0.25) is 0 Å². The van der Waals surface area contributed by atoms with Crippen LogP contribution in [0.1, 0.15) is 61.5 Å². The predicted octanol–water partition coefficient (Wildman–Crippen LogP) is 5.33. The summed E-state index contributed by atoms with van der Waals surface area (Å²) in [6.07, 6.45) is 2.83. The number of nitrogens with zero attached hydrogens (tertiary/aromatic N) is 2. The summed E-state index contributed by atoms with van der Waals surface area (Å²) in [5, 5.41) is 4.14. The zero-order chi connectivity index (χ0) is 19.6. The molecule has 2 aromatic carbocycles. The van der Waals surface area contributed by atoms with Crippen LogP contribution >= 0.6 is 15.9 Å². The highest BCUT2D eigenvalue weighted by atomic mass is 79.9. The number of rotatable bonds is 4. The van der Waals surface area contributed by atoms with E-state index in [2.05, 4.69) is 77.3 Å². The third-order valence-corrected chi connectivity index (χ3v) is 5.69. The Hall–Kier alpha value is -2.14. The number of anilines is 1. The molecule has 1 amide bonds. The first-order valence-corrected chi connectivity index (χ1v) is 10.1. The Kier molecular flexibility index (Phi) is 5.70. The van der Waals surface area contributed by atoms with Gasteiger partial charge in [0, 0.05) is 27.8 Å². The molecular formula is C22H26BrN3O. The van der Waals surface area contributed by atoms with E-state index in [1.807, 2.05) is 12.1 Å². The Bertz CT molecular complexity index is 876. The lowest BCUT2D eigenvalue weighted by molar-refractivity contribution is 0.0955. The van der Waals surface area contributed by atoms with Crippen LogP contribution < -0.4 is 10.3 Å². The second kappa shape index (κ2) is 7.85. The number of fused-ring (bicyclic) bond motifs is 1. The Morgan fingerprint density at radius 2 is 2.11 bits per heavy atom. The summed E-state index contributed by atoms with van der Waals surface area (Å²) < 4.78 is 0.867. The van der Waals surface area contributed by atoms with Crippen molar-refractivity contribution in [3.8, 4) is 0 Å². The van der Waals surface area contributed by atoms with Crippen molar-refractivity contribution < 1.29 is 4.79 Å². The minimum atomic E-state index is -0.224. The third kappa shape index (κ3) is 4.24. The molecule has 142 valence electrons. The van der Waals surface area contributed by atoms with Gasteiger partial charge in [-0.15, -0.1) is 0 Å². The second-order valence-corrected chi connectivity index (χ2v) is 8.61. The van der Waals surface area contributed by atoms with E-state index in [4.69, 9.17) is 0 Å². The van der Waals surface area contributed by atoms with Crippen LogP contribution in [-0.2, 0) is 0 Å². The van der Waals surface area contributed by atoms with Crippen LogP contribution in [0.15, 0.2) is 52.0 Å². The molecule has 0 bridgehead atoms. The first-order valence-electron chi connectivity index (χ1n) is 9.32. The molecule has 0 saturated heterocycles. The number of nitrogens with one attached hydrogen (secondary N) is 1. The lowest BCUT2D eigenvalue weighted by atomic mass is 9.79.